The molecule has 0 radical (unpaired) electrons. The van der Waals surface area contributed by atoms with Crippen molar-refractivity contribution in [1.29, 1.82) is 0 Å². The van der Waals surface area contributed by atoms with Crippen molar-refractivity contribution < 1.29 is 9.18 Å². The minimum Gasteiger partial charge on any atom is -0.353 e. The lowest BCUT2D eigenvalue weighted by atomic mass is 9.88. The lowest BCUT2D eigenvalue weighted by Gasteiger charge is -2.26. The van der Waals surface area contributed by atoms with Gasteiger partial charge in [0.25, 0.3) is 0 Å². The highest BCUT2D eigenvalue weighted by Gasteiger charge is 2.43. The van der Waals surface area contributed by atoms with E-state index in [-0.39, 0.29) is 29.3 Å². The van der Waals surface area contributed by atoms with Crippen LogP contribution in [0, 0.1) is 5.82 Å². The fraction of sp³-hybridized carbons (Fsp3) is 0.562. The summed E-state index contributed by atoms with van der Waals surface area (Å²) in [5.41, 5.74) is 0.910. The Hall–Kier alpha value is -1.78. The van der Waals surface area contributed by atoms with Crippen molar-refractivity contribution in [2.45, 2.75) is 56.7 Å². The van der Waals surface area contributed by atoms with E-state index in [0.717, 1.165) is 31.2 Å². The molecule has 1 unspecified atom stereocenters. The van der Waals surface area contributed by atoms with Gasteiger partial charge in [-0.05, 0) is 49.3 Å². The van der Waals surface area contributed by atoms with Gasteiger partial charge in [-0.25, -0.2) is 4.39 Å². The van der Waals surface area contributed by atoms with Gasteiger partial charge in [-0.1, -0.05) is 19.1 Å². The van der Waals surface area contributed by atoms with Crippen LogP contribution in [0.25, 0.3) is 0 Å². The summed E-state index contributed by atoms with van der Waals surface area (Å²) in [5, 5.41) is 11.3. The van der Waals surface area contributed by atoms with E-state index in [1.807, 2.05) is 6.92 Å². The number of hydrogen-bond donors (Lipinski definition) is 1. The number of nitrogens with one attached hydrogen (secondary N) is 1. The SMILES string of the molecule is CC(CC(=O)NC1CCC2(CC1)N=N2)c1ccc(F)cc1. The highest BCUT2D eigenvalue weighted by atomic mass is 19.1. The Morgan fingerprint density at radius 2 is 1.95 bits per heavy atom. The van der Waals surface area contributed by atoms with Gasteiger partial charge in [-0.2, -0.15) is 10.2 Å². The van der Waals surface area contributed by atoms with Crippen LogP contribution in [-0.2, 0) is 4.79 Å². The van der Waals surface area contributed by atoms with E-state index in [9.17, 15) is 9.18 Å². The van der Waals surface area contributed by atoms with E-state index in [0.29, 0.717) is 6.42 Å². The number of hydrogen-bond acceptors (Lipinski definition) is 3. The Balaban J connectivity index is 1.46. The first-order valence-electron chi connectivity index (χ1n) is 7.55. The van der Waals surface area contributed by atoms with Crippen LogP contribution >= 0.6 is 0 Å². The van der Waals surface area contributed by atoms with Gasteiger partial charge in [0.15, 0.2) is 5.66 Å². The second-order valence-corrected chi connectivity index (χ2v) is 6.18. The van der Waals surface area contributed by atoms with E-state index < -0.39 is 0 Å². The molecule has 1 aliphatic heterocycles. The first kappa shape index (κ1) is 14.2. The summed E-state index contributed by atoms with van der Waals surface area (Å²) in [7, 11) is 0. The van der Waals surface area contributed by atoms with Crippen LogP contribution in [0.2, 0.25) is 0 Å². The summed E-state index contributed by atoms with van der Waals surface area (Å²) in [6, 6.07) is 6.61. The molecule has 1 aromatic rings. The third-order valence-corrected chi connectivity index (χ3v) is 4.46. The largest absolute Gasteiger partial charge is 0.353 e. The number of carbonyl (C=O) groups excluding carboxylic acids is 1. The van der Waals surface area contributed by atoms with Crippen LogP contribution < -0.4 is 5.32 Å². The standard InChI is InChI=1S/C16H20FN3O/c1-11(12-2-4-13(17)5-3-12)10-15(21)18-14-6-8-16(9-7-14)19-20-16/h2-5,11,14H,6-10H2,1H3,(H,18,21). The van der Waals surface area contributed by atoms with E-state index in [1.165, 1.54) is 12.1 Å². The highest BCUT2D eigenvalue weighted by molar-refractivity contribution is 5.77. The van der Waals surface area contributed by atoms with Gasteiger partial charge < -0.3 is 5.32 Å². The summed E-state index contributed by atoms with van der Waals surface area (Å²) < 4.78 is 12.9. The van der Waals surface area contributed by atoms with E-state index in [2.05, 4.69) is 15.5 Å². The van der Waals surface area contributed by atoms with Crippen molar-refractivity contribution in [3.63, 3.8) is 0 Å². The molecule has 2 aliphatic rings. The maximum atomic E-state index is 12.9. The Labute approximate surface area is 123 Å². The molecule has 1 aromatic carbocycles. The molecule has 1 spiro atoms. The van der Waals surface area contributed by atoms with Crippen LogP contribution in [0.1, 0.15) is 50.5 Å². The Kier molecular flexibility index (Phi) is 3.74. The topological polar surface area (TPSA) is 53.8 Å². The zero-order valence-corrected chi connectivity index (χ0v) is 12.2. The van der Waals surface area contributed by atoms with Gasteiger partial charge in [-0.3, -0.25) is 4.79 Å². The van der Waals surface area contributed by atoms with Gasteiger partial charge in [0.1, 0.15) is 5.82 Å². The third-order valence-electron chi connectivity index (χ3n) is 4.46. The van der Waals surface area contributed by atoms with Gasteiger partial charge in [0.05, 0.1) is 0 Å². The molecule has 1 atom stereocenters. The zero-order chi connectivity index (χ0) is 14.9. The normalized spacial score (nSPS) is 21.2. The first-order chi connectivity index (χ1) is 10.1. The van der Waals surface area contributed by atoms with Crippen LogP contribution in [-0.4, -0.2) is 17.6 Å². The molecule has 1 saturated carbocycles. The minimum absolute atomic E-state index is 0.0671. The third kappa shape index (κ3) is 3.46. The first-order valence-corrected chi connectivity index (χ1v) is 7.55. The molecule has 0 bridgehead atoms. The predicted octanol–water partition coefficient (Wildman–Crippen LogP) is 3.54. The van der Waals surface area contributed by atoms with Crippen LogP contribution in [0.5, 0.6) is 0 Å². The fourth-order valence-corrected chi connectivity index (χ4v) is 2.97. The summed E-state index contributed by atoms with van der Waals surface area (Å²) in [4.78, 5) is 12.1. The molecule has 1 aliphatic carbocycles. The van der Waals surface area contributed by atoms with Crippen LogP contribution in [0.4, 0.5) is 4.39 Å². The lowest BCUT2D eigenvalue weighted by molar-refractivity contribution is -0.122. The maximum absolute atomic E-state index is 12.9. The number of benzene rings is 1. The molecule has 1 amide bonds. The van der Waals surface area contributed by atoms with E-state index in [1.54, 1.807) is 12.1 Å². The molecule has 3 rings (SSSR count). The Bertz CT molecular complexity index is 539. The van der Waals surface area contributed by atoms with Crippen LogP contribution in [0.3, 0.4) is 0 Å². The fourth-order valence-electron chi connectivity index (χ4n) is 2.97. The smallest absolute Gasteiger partial charge is 0.220 e. The monoisotopic (exact) mass is 289 g/mol. The van der Waals surface area contributed by atoms with E-state index >= 15 is 0 Å². The van der Waals surface area contributed by atoms with Crippen LogP contribution in [0.15, 0.2) is 34.5 Å². The molecule has 5 heteroatoms. The molecular formula is C16H20FN3O. The van der Waals surface area contributed by atoms with Gasteiger partial charge in [0, 0.05) is 12.5 Å². The number of amides is 1. The second-order valence-electron chi connectivity index (χ2n) is 6.18. The van der Waals surface area contributed by atoms with E-state index in [4.69, 9.17) is 0 Å². The van der Waals surface area contributed by atoms with Crippen molar-refractivity contribution in [2.24, 2.45) is 10.2 Å². The average Bonchev–Trinajstić information content (AvgIpc) is 3.22. The Morgan fingerprint density at radius 1 is 1.33 bits per heavy atom. The maximum Gasteiger partial charge on any atom is 0.220 e. The molecule has 21 heavy (non-hydrogen) atoms. The van der Waals surface area contributed by atoms with Gasteiger partial charge in [0.2, 0.25) is 5.91 Å². The van der Waals surface area contributed by atoms with Crippen molar-refractivity contribution in [3.8, 4) is 0 Å². The summed E-state index contributed by atoms with van der Waals surface area (Å²) >= 11 is 0. The average molecular weight is 289 g/mol. The number of carbonyl (C=O) groups is 1. The van der Waals surface area contributed by atoms with Crippen molar-refractivity contribution >= 4 is 5.91 Å². The molecule has 4 nitrogen and oxygen atoms in total. The lowest BCUT2D eigenvalue weighted by Crippen LogP contribution is -2.39. The molecular weight excluding hydrogens is 269 g/mol. The summed E-state index contributed by atoms with van der Waals surface area (Å²) in [6.07, 6.45) is 4.23. The summed E-state index contributed by atoms with van der Waals surface area (Å²) in [5.74, 6) is -0.0890. The second kappa shape index (κ2) is 5.54. The molecule has 1 N–H and O–H groups in total. The highest BCUT2D eigenvalue weighted by Crippen LogP contribution is 2.42. The molecule has 112 valence electrons. The van der Waals surface area contributed by atoms with Crippen molar-refractivity contribution in [1.82, 2.24) is 5.32 Å². The van der Waals surface area contributed by atoms with Crippen molar-refractivity contribution in [2.75, 3.05) is 0 Å². The molecule has 1 heterocycles. The molecule has 0 aromatic heterocycles. The number of nitrogens with zero attached hydrogens (tertiary/aromatic N) is 2. The van der Waals surface area contributed by atoms with Crippen molar-refractivity contribution in [3.05, 3.63) is 35.6 Å². The Morgan fingerprint density at radius 3 is 2.52 bits per heavy atom. The molecule has 1 fully saturated rings. The summed E-state index contributed by atoms with van der Waals surface area (Å²) in [6.45, 7) is 1.99. The molecule has 0 saturated heterocycles. The minimum atomic E-state index is -0.248. The predicted molar refractivity (Wildman–Crippen MR) is 77.4 cm³/mol. The quantitative estimate of drug-likeness (QED) is 0.905. The zero-order valence-electron chi connectivity index (χ0n) is 12.2. The number of halogens is 1. The number of rotatable bonds is 4. The van der Waals surface area contributed by atoms with Gasteiger partial charge in [-0.15, -0.1) is 0 Å². The van der Waals surface area contributed by atoms with Gasteiger partial charge >= 0.3 is 0 Å².